The Morgan fingerprint density at radius 1 is 1.39 bits per heavy atom. The van der Waals surface area contributed by atoms with Gasteiger partial charge >= 0.3 is 0 Å². The molecular weight excluding hydrogens is 226 g/mol. The highest BCUT2D eigenvalue weighted by Gasteiger charge is 2.26. The molecule has 0 aromatic carbocycles. The third-order valence-corrected chi connectivity index (χ3v) is 3.94. The Bertz CT molecular complexity index is 428. The van der Waals surface area contributed by atoms with Gasteiger partial charge in [0, 0.05) is 44.6 Å². The van der Waals surface area contributed by atoms with Crippen molar-refractivity contribution in [3.63, 3.8) is 0 Å². The molecule has 5 heteroatoms. The third kappa shape index (κ3) is 2.08. The van der Waals surface area contributed by atoms with Gasteiger partial charge in [-0.1, -0.05) is 0 Å². The summed E-state index contributed by atoms with van der Waals surface area (Å²) >= 11 is 0. The maximum absolute atomic E-state index is 4.82. The van der Waals surface area contributed by atoms with Gasteiger partial charge in [-0.3, -0.25) is 0 Å². The van der Waals surface area contributed by atoms with Gasteiger partial charge in [0.1, 0.15) is 11.6 Å². The van der Waals surface area contributed by atoms with Crippen LogP contribution >= 0.6 is 0 Å². The van der Waals surface area contributed by atoms with Crippen LogP contribution in [-0.2, 0) is 13.0 Å². The maximum Gasteiger partial charge on any atom is 0.135 e. The molecule has 18 heavy (non-hydrogen) atoms. The predicted octanol–water partition coefficient (Wildman–Crippen LogP) is 0.583. The lowest BCUT2D eigenvalue weighted by Crippen LogP contribution is -2.27. The van der Waals surface area contributed by atoms with E-state index in [0.717, 1.165) is 44.2 Å². The van der Waals surface area contributed by atoms with Crippen LogP contribution in [0.3, 0.4) is 0 Å². The Labute approximate surface area is 108 Å². The van der Waals surface area contributed by atoms with Gasteiger partial charge in [0.25, 0.3) is 0 Å². The lowest BCUT2D eigenvalue weighted by Gasteiger charge is -2.21. The fraction of sp³-hybridized carbons (Fsp3) is 0.692. The second-order valence-electron chi connectivity index (χ2n) is 5.28. The monoisotopic (exact) mass is 247 g/mol. The fourth-order valence-electron chi connectivity index (χ4n) is 2.90. The summed E-state index contributed by atoms with van der Waals surface area (Å²) < 4.78 is 0. The van der Waals surface area contributed by atoms with Crippen LogP contribution in [0.15, 0.2) is 0 Å². The summed E-state index contributed by atoms with van der Waals surface area (Å²) in [5.41, 5.74) is 2.48. The molecule has 1 saturated heterocycles. The van der Waals surface area contributed by atoms with Crippen LogP contribution in [0.1, 0.15) is 29.4 Å². The molecule has 5 nitrogen and oxygen atoms in total. The van der Waals surface area contributed by atoms with E-state index in [0.29, 0.717) is 5.92 Å². The zero-order valence-electron chi connectivity index (χ0n) is 11.2. The van der Waals surface area contributed by atoms with E-state index in [1.807, 2.05) is 7.05 Å². The van der Waals surface area contributed by atoms with Crippen LogP contribution in [0.25, 0.3) is 0 Å². The predicted molar refractivity (Wildman–Crippen MR) is 71.8 cm³/mol. The van der Waals surface area contributed by atoms with Crippen molar-refractivity contribution in [1.82, 2.24) is 20.2 Å². The highest BCUT2D eigenvalue weighted by atomic mass is 15.1. The number of nitrogens with zero attached hydrogens (tertiary/aromatic N) is 3. The fourth-order valence-corrected chi connectivity index (χ4v) is 2.90. The normalized spacial score (nSPS) is 24.0. The lowest BCUT2D eigenvalue weighted by molar-refractivity contribution is 0.409. The zero-order chi connectivity index (χ0) is 12.5. The SMILES string of the molecule is CNc1nc(C2CCN(C)C2)nc2c1CNCC2. The van der Waals surface area contributed by atoms with Gasteiger partial charge in [-0.2, -0.15) is 0 Å². The quantitative estimate of drug-likeness (QED) is 0.801. The van der Waals surface area contributed by atoms with Gasteiger partial charge in [0.05, 0.1) is 5.69 Å². The molecular formula is C13H21N5. The molecule has 0 saturated carbocycles. The minimum absolute atomic E-state index is 0.502. The van der Waals surface area contributed by atoms with Crippen molar-refractivity contribution in [2.24, 2.45) is 0 Å². The van der Waals surface area contributed by atoms with Gasteiger partial charge < -0.3 is 15.5 Å². The molecule has 0 bridgehead atoms. The van der Waals surface area contributed by atoms with E-state index in [4.69, 9.17) is 9.97 Å². The van der Waals surface area contributed by atoms with Crippen molar-refractivity contribution < 1.29 is 0 Å². The Morgan fingerprint density at radius 2 is 2.28 bits per heavy atom. The third-order valence-electron chi connectivity index (χ3n) is 3.94. The molecule has 2 aliphatic heterocycles. The summed E-state index contributed by atoms with van der Waals surface area (Å²) in [6, 6.07) is 0. The number of rotatable bonds is 2. The molecule has 0 aliphatic carbocycles. The van der Waals surface area contributed by atoms with E-state index in [-0.39, 0.29) is 0 Å². The second kappa shape index (κ2) is 4.82. The molecule has 1 atom stereocenters. The summed E-state index contributed by atoms with van der Waals surface area (Å²) in [7, 11) is 4.11. The summed E-state index contributed by atoms with van der Waals surface area (Å²) in [4.78, 5) is 11.9. The molecule has 3 heterocycles. The molecule has 98 valence electrons. The van der Waals surface area contributed by atoms with Crippen molar-refractivity contribution in [3.8, 4) is 0 Å². The molecule has 0 spiro atoms. The highest BCUT2D eigenvalue weighted by molar-refractivity contribution is 5.47. The molecule has 3 rings (SSSR count). The number of fused-ring (bicyclic) bond motifs is 1. The lowest BCUT2D eigenvalue weighted by atomic mass is 10.0. The average Bonchev–Trinajstić information content (AvgIpc) is 2.84. The van der Waals surface area contributed by atoms with Crippen LogP contribution in [-0.4, -0.2) is 48.6 Å². The van der Waals surface area contributed by atoms with Crippen LogP contribution in [0.5, 0.6) is 0 Å². The summed E-state index contributed by atoms with van der Waals surface area (Å²) in [6.07, 6.45) is 2.19. The number of hydrogen-bond donors (Lipinski definition) is 2. The molecule has 1 unspecified atom stereocenters. The first-order chi connectivity index (χ1) is 8.78. The van der Waals surface area contributed by atoms with Crippen LogP contribution in [0.2, 0.25) is 0 Å². The number of anilines is 1. The van der Waals surface area contributed by atoms with Gasteiger partial charge in [0.15, 0.2) is 0 Å². The molecule has 0 amide bonds. The Hall–Kier alpha value is -1.20. The van der Waals surface area contributed by atoms with Crippen molar-refractivity contribution in [2.75, 3.05) is 39.0 Å². The van der Waals surface area contributed by atoms with Crippen LogP contribution in [0.4, 0.5) is 5.82 Å². The Kier molecular flexibility index (Phi) is 3.18. The van der Waals surface area contributed by atoms with Crippen molar-refractivity contribution in [3.05, 3.63) is 17.1 Å². The highest BCUT2D eigenvalue weighted by Crippen LogP contribution is 2.27. The summed E-state index contributed by atoms with van der Waals surface area (Å²) in [5, 5.41) is 6.61. The topological polar surface area (TPSA) is 53.1 Å². The van der Waals surface area contributed by atoms with E-state index < -0.39 is 0 Å². The van der Waals surface area contributed by atoms with Crippen LogP contribution in [0, 0.1) is 0 Å². The molecule has 2 aliphatic rings. The first-order valence-electron chi connectivity index (χ1n) is 6.74. The summed E-state index contributed by atoms with van der Waals surface area (Å²) in [5.74, 6) is 2.54. The smallest absolute Gasteiger partial charge is 0.135 e. The second-order valence-corrected chi connectivity index (χ2v) is 5.28. The van der Waals surface area contributed by atoms with Gasteiger partial charge in [-0.15, -0.1) is 0 Å². The van der Waals surface area contributed by atoms with E-state index in [9.17, 15) is 0 Å². The Morgan fingerprint density at radius 3 is 3.00 bits per heavy atom. The molecule has 0 radical (unpaired) electrons. The number of hydrogen-bond acceptors (Lipinski definition) is 5. The maximum atomic E-state index is 4.82. The molecule has 1 aromatic heterocycles. The molecule has 1 fully saturated rings. The largest absolute Gasteiger partial charge is 0.373 e. The van der Waals surface area contributed by atoms with Crippen molar-refractivity contribution >= 4 is 5.82 Å². The number of likely N-dealkylation sites (tertiary alicyclic amines) is 1. The molecule has 2 N–H and O–H groups in total. The van der Waals surface area contributed by atoms with Crippen molar-refractivity contribution in [2.45, 2.75) is 25.3 Å². The van der Waals surface area contributed by atoms with E-state index in [1.54, 1.807) is 0 Å². The van der Waals surface area contributed by atoms with Gasteiger partial charge in [-0.05, 0) is 20.0 Å². The van der Waals surface area contributed by atoms with E-state index in [1.165, 1.54) is 17.7 Å². The van der Waals surface area contributed by atoms with Crippen molar-refractivity contribution in [1.29, 1.82) is 0 Å². The standard InChI is InChI=1S/C13H21N5/c1-14-13-10-7-15-5-3-11(10)16-12(17-13)9-4-6-18(2)8-9/h9,15H,3-8H2,1-2H3,(H,14,16,17). The Balaban J connectivity index is 1.95. The average molecular weight is 247 g/mol. The minimum Gasteiger partial charge on any atom is -0.373 e. The van der Waals surface area contributed by atoms with Crippen LogP contribution < -0.4 is 10.6 Å². The van der Waals surface area contributed by atoms with Gasteiger partial charge in [-0.25, -0.2) is 9.97 Å². The zero-order valence-corrected chi connectivity index (χ0v) is 11.2. The van der Waals surface area contributed by atoms with E-state index >= 15 is 0 Å². The number of likely N-dealkylation sites (N-methyl/N-ethyl adjacent to an activating group) is 1. The molecule has 1 aromatic rings. The van der Waals surface area contributed by atoms with Gasteiger partial charge in [0.2, 0.25) is 0 Å². The van der Waals surface area contributed by atoms with E-state index in [2.05, 4.69) is 22.6 Å². The number of nitrogens with one attached hydrogen (secondary N) is 2. The number of aromatic nitrogens is 2. The first kappa shape index (κ1) is 11.9. The summed E-state index contributed by atoms with van der Waals surface area (Å²) in [6.45, 7) is 4.15. The first-order valence-corrected chi connectivity index (χ1v) is 6.74. The minimum atomic E-state index is 0.502.